The van der Waals surface area contributed by atoms with Crippen LogP contribution in [0.4, 0.5) is 0 Å². The smallest absolute Gasteiger partial charge is 0.270 e. The van der Waals surface area contributed by atoms with Crippen molar-refractivity contribution in [3.63, 3.8) is 0 Å². The number of carbonyl (C=O) groups excluding carboxylic acids is 2. The van der Waals surface area contributed by atoms with Gasteiger partial charge in [-0.05, 0) is 19.2 Å². The maximum absolute atomic E-state index is 11.5. The van der Waals surface area contributed by atoms with E-state index < -0.39 is 0 Å². The highest BCUT2D eigenvalue weighted by Crippen LogP contribution is 1.91. The van der Waals surface area contributed by atoms with Crippen LogP contribution in [0.2, 0.25) is 0 Å². The summed E-state index contributed by atoms with van der Waals surface area (Å²) in [5, 5.41) is 8.05. The number of amides is 2. The zero-order chi connectivity index (χ0) is 12.5. The van der Waals surface area contributed by atoms with Gasteiger partial charge in [-0.15, -0.1) is 0 Å². The number of aromatic nitrogens is 1. The fourth-order valence-corrected chi connectivity index (χ4v) is 1.14. The molecule has 0 aliphatic heterocycles. The van der Waals surface area contributed by atoms with Crippen LogP contribution < -0.4 is 16.0 Å². The SMILES string of the molecule is CNCCNC(=O)CNC(=O)c1ccccn1. The van der Waals surface area contributed by atoms with Gasteiger partial charge in [0.1, 0.15) is 5.69 Å². The molecule has 0 saturated carbocycles. The average molecular weight is 236 g/mol. The molecule has 6 nitrogen and oxygen atoms in total. The van der Waals surface area contributed by atoms with E-state index in [1.54, 1.807) is 25.2 Å². The number of likely N-dealkylation sites (N-methyl/N-ethyl adjacent to an activating group) is 1. The third-order valence-electron chi connectivity index (χ3n) is 2.00. The lowest BCUT2D eigenvalue weighted by Gasteiger charge is -2.06. The molecule has 0 radical (unpaired) electrons. The minimum atomic E-state index is -0.352. The number of hydrogen-bond donors (Lipinski definition) is 3. The zero-order valence-electron chi connectivity index (χ0n) is 9.69. The Labute approximate surface area is 99.8 Å². The molecule has 0 spiro atoms. The van der Waals surface area contributed by atoms with E-state index in [0.717, 1.165) is 0 Å². The van der Waals surface area contributed by atoms with Crippen LogP contribution in [0.5, 0.6) is 0 Å². The number of pyridine rings is 1. The molecule has 1 heterocycles. The normalized spacial score (nSPS) is 9.71. The first-order valence-corrected chi connectivity index (χ1v) is 5.34. The number of hydrogen-bond acceptors (Lipinski definition) is 4. The molecule has 0 aliphatic carbocycles. The molecule has 1 aromatic rings. The molecule has 92 valence electrons. The largest absolute Gasteiger partial charge is 0.353 e. The Hall–Kier alpha value is -1.95. The third kappa shape index (κ3) is 5.07. The monoisotopic (exact) mass is 236 g/mol. The summed E-state index contributed by atoms with van der Waals surface area (Å²) < 4.78 is 0. The van der Waals surface area contributed by atoms with Crippen LogP contribution in [0.25, 0.3) is 0 Å². The Morgan fingerprint density at radius 3 is 2.71 bits per heavy atom. The molecular weight excluding hydrogens is 220 g/mol. The van der Waals surface area contributed by atoms with E-state index in [4.69, 9.17) is 0 Å². The van der Waals surface area contributed by atoms with Gasteiger partial charge in [-0.2, -0.15) is 0 Å². The Morgan fingerprint density at radius 1 is 1.24 bits per heavy atom. The van der Waals surface area contributed by atoms with Gasteiger partial charge in [-0.25, -0.2) is 0 Å². The molecule has 17 heavy (non-hydrogen) atoms. The predicted molar refractivity (Wildman–Crippen MR) is 63.5 cm³/mol. The molecule has 0 aromatic carbocycles. The van der Waals surface area contributed by atoms with Crippen LogP contribution in [0.3, 0.4) is 0 Å². The van der Waals surface area contributed by atoms with Crippen molar-refractivity contribution < 1.29 is 9.59 Å². The topological polar surface area (TPSA) is 83.1 Å². The van der Waals surface area contributed by atoms with E-state index >= 15 is 0 Å². The van der Waals surface area contributed by atoms with Crippen LogP contribution in [0.1, 0.15) is 10.5 Å². The maximum atomic E-state index is 11.5. The van der Waals surface area contributed by atoms with E-state index in [2.05, 4.69) is 20.9 Å². The number of nitrogens with one attached hydrogen (secondary N) is 3. The lowest BCUT2D eigenvalue weighted by atomic mass is 10.3. The zero-order valence-corrected chi connectivity index (χ0v) is 9.69. The lowest BCUT2D eigenvalue weighted by molar-refractivity contribution is -0.120. The van der Waals surface area contributed by atoms with E-state index in [-0.39, 0.29) is 18.4 Å². The van der Waals surface area contributed by atoms with Crippen molar-refractivity contribution in [1.82, 2.24) is 20.9 Å². The van der Waals surface area contributed by atoms with Gasteiger partial charge in [0, 0.05) is 19.3 Å². The molecule has 1 aromatic heterocycles. The van der Waals surface area contributed by atoms with E-state index in [0.29, 0.717) is 18.8 Å². The number of rotatable bonds is 6. The molecule has 2 amide bonds. The quantitative estimate of drug-likeness (QED) is 0.562. The second-order valence-corrected chi connectivity index (χ2v) is 3.35. The summed E-state index contributed by atoms with van der Waals surface area (Å²) in [6.07, 6.45) is 1.53. The Balaban J connectivity index is 2.26. The van der Waals surface area contributed by atoms with Gasteiger partial charge < -0.3 is 16.0 Å². The Morgan fingerprint density at radius 2 is 2.06 bits per heavy atom. The van der Waals surface area contributed by atoms with Crippen molar-refractivity contribution in [2.24, 2.45) is 0 Å². The molecule has 0 bridgehead atoms. The van der Waals surface area contributed by atoms with E-state index in [1.165, 1.54) is 6.20 Å². The summed E-state index contributed by atoms with van der Waals surface area (Å²) in [6.45, 7) is 1.19. The molecule has 3 N–H and O–H groups in total. The molecule has 0 unspecified atom stereocenters. The summed E-state index contributed by atoms with van der Waals surface area (Å²) in [6, 6.07) is 5.03. The molecule has 1 rings (SSSR count). The van der Waals surface area contributed by atoms with Gasteiger partial charge in [-0.3, -0.25) is 14.6 Å². The fraction of sp³-hybridized carbons (Fsp3) is 0.364. The highest BCUT2D eigenvalue weighted by atomic mass is 16.2. The molecule has 0 saturated heterocycles. The summed E-state index contributed by atoms with van der Waals surface area (Å²) in [7, 11) is 1.80. The molecular formula is C11H16N4O2. The Kier molecular flexibility index (Phi) is 5.67. The van der Waals surface area contributed by atoms with Crippen LogP contribution >= 0.6 is 0 Å². The van der Waals surface area contributed by atoms with Crippen molar-refractivity contribution in [1.29, 1.82) is 0 Å². The minimum Gasteiger partial charge on any atom is -0.353 e. The van der Waals surface area contributed by atoms with Gasteiger partial charge in [-0.1, -0.05) is 6.07 Å². The molecule has 0 fully saturated rings. The fourth-order valence-electron chi connectivity index (χ4n) is 1.14. The summed E-state index contributed by atoms with van der Waals surface area (Å²) in [5.74, 6) is -0.570. The second-order valence-electron chi connectivity index (χ2n) is 3.35. The molecule has 0 aliphatic rings. The molecule has 6 heteroatoms. The second kappa shape index (κ2) is 7.34. The number of carbonyl (C=O) groups is 2. The molecule has 0 atom stereocenters. The third-order valence-corrected chi connectivity index (χ3v) is 2.00. The van der Waals surface area contributed by atoms with Gasteiger partial charge in [0.15, 0.2) is 0 Å². The van der Waals surface area contributed by atoms with Gasteiger partial charge in [0.2, 0.25) is 5.91 Å². The van der Waals surface area contributed by atoms with Crippen LogP contribution in [-0.4, -0.2) is 43.5 Å². The summed E-state index contributed by atoms with van der Waals surface area (Å²) in [5.41, 5.74) is 0.301. The van der Waals surface area contributed by atoms with Crippen molar-refractivity contribution >= 4 is 11.8 Å². The minimum absolute atomic E-state index is 0.0425. The van der Waals surface area contributed by atoms with E-state index in [1.807, 2.05) is 0 Å². The highest BCUT2D eigenvalue weighted by Gasteiger charge is 2.07. The predicted octanol–water partition coefficient (Wildman–Crippen LogP) is -0.853. The van der Waals surface area contributed by atoms with Crippen LogP contribution in [-0.2, 0) is 4.79 Å². The first kappa shape index (κ1) is 13.1. The lowest BCUT2D eigenvalue weighted by Crippen LogP contribution is -2.39. The van der Waals surface area contributed by atoms with Gasteiger partial charge in [0.25, 0.3) is 5.91 Å². The van der Waals surface area contributed by atoms with Crippen molar-refractivity contribution in [3.05, 3.63) is 30.1 Å². The Bertz CT molecular complexity index is 367. The average Bonchev–Trinajstić information content (AvgIpc) is 2.37. The first-order valence-electron chi connectivity index (χ1n) is 5.34. The maximum Gasteiger partial charge on any atom is 0.270 e. The summed E-state index contributed by atoms with van der Waals surface area (Å²) >= 11 is 0. The van der Waals surface area contributed by atoms with Crippen molar-refractivity contribution in [2.75, 3.05) is 26.7 Å². The van der Waals surface area contributed by atoms with Crippen LogP contribution in [0.15, 0.2) is 24.4 Å². The standard InChI is InChI=1S/C11H16N4O2/c1-12-6-7-14-10(16)8-15-11(17)9-4-2-3-5-13-9/h2-5,12H,6-8H2,1H3,(H,14,16)(H,15,17). The van der Waals surface area contributed by atoms with Gasteiger partial charge >= 0.3 is 0 Å². The first-order chi connectivity index (χ1) is 8.24. The highest BCUT2D eigenvalue weighted by molar-refractivity contribution is 5.94. The van der Waals surface area contributed by atoms with Crippen molar-refractivity contribution in [3.8, 4) is 0 Å². The summed E-state index contributed by atoms with van der Waals surface area (Å²) in [4.78, 5) is 26.7. The number of nitrogens with zero attached hydrogens (tertiary/aromatic N) is 1. The van der Waals surface area contributed by atoms with Crippen LogP contribution in [0, 0.1) is 0 Å². The van der Waals surface area contributed by atoms with E-state index in [9.17, 15) is 9.59 Å². The van der Waals surface area contributed by atoms with Crippen molar-refractivity contribution in [2.45, 2.75) is 0 Å². The van der Waals surface area contributed by atoms with Gasteiger partial charge in [0.05, 0.1) is 6.54 Å².